The van der Waals surface area contributed by atoms with Crippen molar-refractivity contribution in [2.45, 2.75) is 27.7 Å². The zero-order valence-electron chi connectivity index (χ0n) is 22.7. The Morgan fingerprint density at radius 3 is 2.54 bits per heavy atom. The van der Waals surface area contributed by atoms with E-state index in [2.05, 4.69) is 34.4 Å². The fourth-order valence-corrected chi connectivity index (χ4v) is 5.87. The number of nitrogens with zero attached hydrogens (tertiary/aromatic N) is 2. The smallest absolute Gasteiger partial charge is 0.256 e. The summed E-state index contributed by atoms with van der Waals surface area (Å²) in [5.41, 5.74) is 7.91. The maximum absolute atomic E-state index is 13.1. The van der Waals surface area contributed by atoms with E-state index in [9.17, 15) is 9.59 Å². The minimum atomic E-state index is -0.173. The molecule has 8 heteroatoms. The van der Waals surface area contributed by atoms with Crippen molar-refractivity contribution in [2.75, 3.05) is 31.5 Å². The van der Waals surface area contributed by atoms with Crippen LogP contribution in [0.25, 0.3) is 33.5 Å². The van der Waals surface area contributed by atoms with Gasteiger partial charge in [0.2, 0.25) is 0 Å². The minimum absolute atomic E-state index is 0.102. The average Bonchev–Trinajstić information content (AvgIpc) is 3.63. The number of fused-ring (bicyclic) bond motifs is 1. The number of anilines is 1. The van der Waals surface area contributed by atoms with Crippen LogP contribution >= 0.6 is 11.3 Å². The number of hydrogen-bond acceptors (Lipinski definition) is 5. The summed E-state index contributed by atoms with van der Waals surface area (Å²) in [6.07, 6.45) is 1.84. The van der Waals surface area contributed by atoms with Crippen LogP contribution in [0.4, 0.5) is 5.69 Å². The zero-order chi connectivity index (χ0) is 27.5. The largest absolute Gasteiger partial charge is 0.358 e. The number of thiazole rings is 1. The number of rotatable bonds is 9. The molecular weight excluding hydrogens is 506 g/mol. The van der Waals surface area contributed by atoms with Crippen molar-refractivity contribution in [1.82, 2.24) is 20.2 Å². The van der Waals surface area contributed by atoms with Crippen molar-refractivity contribution in [1.29, 1.82) is 0 Å². The van der Waals surface area contributed by atoms with E-state index < -0.39 is 0 Å². The number of aromatic amines is 1. The van der Waals surface area contributed by atoms with E-state index in [0.717, 1.165) is 69.7 Å². The first-order valence-corrected chi connectivity index (χ1v) is 14.2. The minimum Gasteiger partial charge on any atom is -0.358 e. The lowest BCUT2D eigenvalue weighted by molar-refractivity contribution is -0.110. The van der Waals surface area contributed by atoms with Gasteiger partial charge >= 0.3 is 0 Å². The number of likely N-dealkylation sites (N-methyl/N-ethyl adjacent to an activating group) is 1. The molecule has 39 heavy (non-hydrogen) atoms. The Balaban J connectivity index is 1.42. The summed E-state index contributed by atoms with van der Waals surface area (Å²) in [5.74, 6) is -0.276. The lowest BCUT2D eigenvalue weighted by Gasteiger charge is -2.18. The monoisotopic (exact) mass is 539 g/mol. The lowest BCUT2D eigenvalue weighted by Crippen LogP contribution is -2.35. The summed E-state index contributed by atoms with van der Waals surface area (Å²) in [5, 5.41) is 9.06. The third kappa shape index (κ3) is 5.30. The molecule has 4 aromatic rings. The van der Waals surface area contributed by atoms with Crippen molar-refractivity contribution in [3.63, 3.8) is 0 Å². The molecule has 7 nitrogen and oxygen atoms in total. The molecule has 0 atom stereocenters. The van der Waals surface area contributed by atoms with Crippen LogP contribution in [0.2, 0.25) is 0 Å². The molecule has 0 saturated carbocycles. The second-order valence-corrected chi connectivity index (χ2v) is 10.4. The number of amides is 2. The van der Waals surface area contributed by atoms with Crippen molar-refractivity contribution >= 4 is 40.5 Å². The predicted molar refractivity (Wildman–Crippen MR) is 160 cm³/mol. The lowest BCUT2D eigenvalue weighted by atomic mass is 10.0. The molecule has 3 N–H and O–H groups in total. The molecular formula is C31H33N5O2S. The van der Waals surface area contributed by atoms with E-state index in [1.54, 1.807) is 11.3 Å². The van der Waals surface area contributed by atoms with Gasteiger partial charge in [0, 0.05) is 46.5 Å². The zero-order valence-corrected chi connectivity index (χ0v) is 23.5. The van der Waals surface area contributed by atoms with Gasteiger partial charge in [-0.1, -0.05) is 62.4 Å². The SMILES string of the molecule is CCN(CC)CCNC(=O)c1c(C)[nH]c(C=C2C(=O)Nc3c2cccc3-c2csc(-c3ccccc3)n2)c1C. The van der Waals surface area contributed by atoms with Gasteiger partial charge in [-0.15, -0.1) is 11.3 Å². The van der Waals surface area contributed by atoms with Crippen molar-refractivity contribution in [2.24, 2.45) is 0 Å². The highest BCUT2D eigenvalue weighted by molar-refractivity contribution is 7.13. The molecule has 0 spiro atoms. The number of hydrogen-bond donors (Lipinski definition) is 3. The van der Waals surface area contributed by atoms with E-state index in [1.165, 1.54) is 0 Å². The van der Waals surface area contributed by atoms with Gasteiger partial charge in [-0.05, 0) is 38.6 Å². The first-order chi connectivity index (χ1) is 18.9. The molecule has 1 aliphatic rings. The number of nitrogens with one attached hydrogen (secondary N) is 3. The quantitative estimate of drug-likeness (QED) is 0.228. The number of carbonyl (C=O) groups excluding carboxylic acids is 2. The molecule has 0 unspecified atom stereocenters. The van der Waals surface area contributed by atoms with E-state index in [-0.39, 0.29) is 11.8 Å². The standard InChI is InChI=1S/C31H33N5O2S/c1-5-36(6-2)16-15-32-30(38)27-19(3)25(33-20(27)4)17-24-22-13-10-14-23(28(22)35-29(24)37)26-18-39-31(34-26)21-11-8-7-9-12-21/h7-14,17-18,33H,5-6,15-16H2,1-4H3,(H,32,38)(H,35,37). The molecule has 200 valence electrons. The molecule has 0 saturated heterocycles. The molecule has 2 aromatic heterocycles. The van der Waals surface area contributed by atoms with E-state index >= 15 is 0 Å². The summed E-state index contributed by atoms with van der Waals surface area (Å²) in [6, 6.07) is 15.9. The normalized spacial score (nSPS) is 13.7. The topological polar surface area (TPSA) is 90.1 Å². The third-order valence-electron chi connectivity index (χ3n) is 7.24. The predicted octanol–water partition coefficient (Wildman–Crippen LogP) is 5.99. The Morgan fingerprint density at radius 1 is 1.05 bits per heavy atom. The van der Waals surface area contributed by atoms with Gasteiger partial charge in [0.05, 0.1) is 22.5 Å². The fourth-order valence-electron chi connectivity index (χ4n) is 5.04. The van der Waals surface area contributed by atoms with Crippen LogP contribution in [0, 0.1) is 13.8 Å². The third-order valence-corrected chi connectivity index (χ3v) is 8.13. The van der Waals surface area contributed by atoms with E-state index in [1.807, 2.05) is 73.8 Å². The molecule has 0 fully saturated rings. The maximum atomic E-state index is 13.1. The Hall–Kier alpha value is -4.01. The van der Waals surface area contributed by atoms with E-state index in [4.69, 9.17) is 4.98 Å². The van der Waals surface area contributed by atoms with Crippen molar-refractivity contribution < 1.29 is 9.59 Å². The number of benzene rings is 2. The summed E-state index contributed by atoms with van der Waals surface area (Å²) in [7, 11) is 0. The molecule has 2 aromatic carbocycles. The Labute approximate surface area is 233 Å². The molecule has 1 aliphatic heterocycles. The first kappa shape index (κ1) is 26.6. The van der Waals surface area contributed by atoms with Crippen LogP contribution in [-0.4, -0.2) is 52.9 Å². The molecule has 0 aliphatic carbocycles. The van der Waals surface area contributed by atoms with Gasteiger partial charge in [-0.2, -0.15) is 0 Å². The number of aromatic nitrogens is 2. The highest BCUT2D eigenvalue weighted by Gasteiger charge is 2.28. The average molecular weight is 540 g/mol. The van der Waals surface area contributed by atoms with Gasteiger partial charge in [-0.3, -0.25) is 9.59 Å². The van der Waals surface area contributed by atoms with Gasteiger partial charge < -0.3 is 20.5 Å². The van der Waals surface area contributed by atoms with Gasteiger partial charge in [0.15, 0.2) is 0 Å². The van der Waals surface area contributed by atoms with Crippen molar-refractivity contribution in [3.8, 4) is 21.8 Å². The molecule has 0 bridgehead atoms. The molecule has 3 heterocycles. The number of carbonyl (C=O) groups is 2. The maximum Gasteiger partial charge on any atom is 0.256 e. The number of para-hydroxylation sites is 1. The van der Waals surface area contributed by atoms with Crippen LogP contribution < -0.4 is 10.6 Å². The number of aryl methyl sites for hydroxylation is 1. The number of H-pyrrole nitrogens is 1. The van der Waals surface area contributed by atoms with Crippen LogP contribution in [0.1, 0.15) is 46.7 Å². The Kier molecular flexibility index (Phi) is 7.77. The van der Waals surface area contributed by atoms with Crippen LogP contribution in [-0.2, 0) is 4.79 Å². The van der Waals surface area contributed by atoms with Crippen molar-refractivity contribution in [3.05, 3.63) is 82.0 Å². The highest BCUT2D eigenvalue weighted by atomic mass is 32.1. The molecule has 5 rings (SSSR count). The molecule has 2 amide bonds. The van der Waals surface area contributed by atoms with Crippen LogP contribution in [0.15, 0.2) is 53.9 Å². The van der Waals surface area contributed by atoms with E-state index in [0.29, 0.717) is 17.7 Å². The van der Waals surface area contributed by atoms with Gasteiger partial charge in [-0.25, -0.2) is 4.98 Å². The fraction of sp³-hybridized carbons (Fsp3) is 0.258. The van der Waals surface area contributed by atoms with Crippen LogP contribution in [0.5, 0.6) is 0 Å². The summed E-state index contributed by atoms with van der Waals surface area (Å²) < 4.78 is 0. The van der Waals surface area contributed by atoms with Crippen LogP contribution in [0.3, 0.4) is 0 Å². The summed E-state index contributed by atoms with van der Waals surface area (Å²) in [4.78, 5) is 36.6. The second-order valence-electron chi connectivity index (χ2n) is 9.59. The molecule has 0 radical (unpaired) electrons. The highest BCUT2D eigenvalue weighted by Crippen LogP contribution is 2.41. The second kappa shape index (κ2) is 11.4. The van der Waals surface area contributed by atoms with Gasteiger partial charge in [0.25, 0.3) is 11.8 Å². The summed E-state index contributed by atoms with van der Waals surface area (Å²) >= 11 is 1.58. The Bertz CT molecular complexity index is 1550. The Morgan fingerprint density at radius 2 is 1.79 bits per heavy atom. The van der Waals surface area contributed by atoms with Gasteiger partial charge in [0.1, 0.15) is 5.01 Å². The summed E-state index contributed by atoms with van der Waals surface area (Å²) in [6.45, 7) is 11.3. The first-order valence-electron chi connectivity index (χ1n) is 13.3.